The van der Waals surface area contributed by atoms with Crippen molar-refractivity contribution in [3.05, 3.63) is 58.2 Å². The van der Waals surface area contributed by atoms with E-state index in [0.29, 0.717) is 36.2 Å². The van der Waals surface area contributed by atoms with Crippen molar-refractivity contribution in [1.29, 1.82) is 0 Å². The van der Waals surface area contributed by atoms with Gasteiger partial charge in [0.25, 0.3) is 0 Å². The van der Waals surface area contributed by atoms with E-state index in [1.54, 1.807) is 12.3 Å². The lowest BCUT2D eigenvalue weighted by Gasteiger charge is -2.47. The molecule has 0 saturated heterocycles. The molecular formula is C28H34N2O7S. The zero-order valence-corrected chi connectivity index (χ0v) is 23.0. The molecule has 0 spiro atoms. The number of anilines is 1. The van der Waals surface area contributed by atoms with Gasteiger partial charge in [-0.05, 0) is 50.3 Å². The monoisotopic (exact) mass is 542 g/mol. The summed E-state index contributed by atoms with van der Waals surface area (Å²) in [5, 5.41) is 9.91. The van der Waals surface area contributed by atoms with E-state index in [-0.39, 0.29) is 24.3 Å². The van der Waals surface area contributed by atoms with Crippen molar-refractivity contribution in [2.75, 3.05) is 17.2 Å². The van der Waals surface area contributed by atoms with E-state index in [4.69, 9.17) is 9.52 Å². The number of fused-ring (bicyclic) bond motifs is 2. The Kier molecular flexibility index (Phi) is 7.67. The third-order valence-electron chi connectivity index (χ3n) is 7.37. The lowest BCUT2D eigenvalue weighted by Crippen LogP contribution is -2.48. The largest absolute Gasteiger partial charge is 0.748 e. The highest BCUT2D eigenvalue weighted by molar-refractivity contribution is 7.85. The summed E-state index contributed by atoms with van der Waals surface area (Å²) < 4.78 is 40.3. The Morgan fingerprint density at radius 3 is 2.63 bits per heavy atom. The maximum Gasteiger partial charge on any atom is 0.344 e. The summed E-state index contributed by atoms with van der Waals surface area (Å²) in [6, 6.07) is 9.44. The average Bonchev–Trinajstić information content (AvgIpc) is 2.79. The number of carbonyl (C=O) groups is 1. The lowest BCUT2D eigenvalue weighted by molar-refractivity contribution is -0.702. The quantitative estimate of drug-likeness (QED) is 0.244. The standard InChI is InChI=1S/C28H34N2O7S/c1-18-17-28(3,4)30(10-5-7-26(31)32)24-16-25-21(14-22(18)24)15-23(27(33)37-25)20-8-11-29(19(2)13-20)9-6-12-38(34,35)36/h8,11,13-16,18H,5-7,9-10,12,17H2,1-4H3,(H-,31,32,34,35,36). The van der Waals surface area contributed by atoms with Crippen LogP contribution in [0.2, 0.25) is 0 Å². The fourth-order valence-electron chi connectivity index (χ4n) is 5.58. The average molecular weight is 543 g/mol. The second kappa shape index (κ2) is 10.5. The predicted molar refractivity (Wildman–Crippen MR) is 143 cm³/mol. The molecule has 0 saturated carbocycles. The summed E-state index contributed by atoms with van der Waals surface area (Å²) >= 11 is 0. The minimum absolute atomic E-state index is 0.0950. The van der Waals surface area contributed by atoms with Crippen LogP contribution in [0.25, 0.3) is 22.1 Å². The van der Waals surface area contributed by atoms with Gasteiger partial charge in [-0.1, -0.05) is 6.92 Å². The van der Waals surface area contributed by atoms with Crippen LogP contribution in [0.3, 0.4) is 0 Å². The minimum Gasteiger partial charge on any atom is -0.748 e. The van der Waals surface area contributed by atoms with E-state index in [1.165, 1.54) is 0 Å². The van der Waals surface area contributed by atoms with Gasteiger partial charge in [0.05, 0.1) is 15.7 Å². The Morgan fingerprint density at radius 1 is 1.24 bits per heavy atom. The highest BCUT2D eigenvalue weighted by atomic mass is 32.2. The van der Waals surface area contributed by atoms with Crippen LogP contribution < -0.4 is 15.1 Å². The van der Waals surface area contributed by atoms with Gasteiger partial charge in [0.15, 0.2) is 11.9 Å². The van der Waals surface area contributed by atoms with Crippen LogP contribution in [0, 0.1) is 6.92 Å². The zero-order chi connectivity index (χ0) is 27.8. The Hall–Kier alpha value is -3.24. The minimum atomic E-state index is -4.26. The highest BCUT2D eigenvalue weighted by Gasteiger charge is 2.36. The van der Waals surface area contributed by atoms with Crippen molar-refractivity contribution in [2.45, 2.75) is 71.4 Å². The van der Waals surface area contributed by atoms with Gasteiger partial charge in [-0.15, -0.1) is 0 Å². The zero-order valence-electron chi connectivity index (χ0n) is 22.2. The van der Waals surface area contributed by atoms with Crippen LogP contribution in [-0.4, -0.2) is 41.9 Å². The molecule has 0 radical (unpaired) electrons. The summed E-state index contributed by atoms with van der Waals surface area (Å²) in [5.41, 5.74) is 3.89. The van der Waals surface area contributed by atoms with E-state index in [0.717, 1.165) is 28.8 Å². The van der Waals surface area contributed by atoms with Gasteiger partial charge in [0.1, 0.15) is 12.1 Å². The molecule has 1 unspecified atom stereocenters. The predicted octanol–water partition coefficient (Wildman–Crippen LogP) is 3.95. The topological polar surface area (TPSA) is 132 Å². The number of pyridine rings is 1. The number of aliphatic carboxylic acids is 1. The first-order valence-electron chi connectivity index (χ1n) is 12.8. The molecule has 1 aromatic carbocycles. The second-order valence-corrected chi connectivity index (χ2v) is 12.4. The first-order valence-corrected chi connectivity index (χ1v) is 14.4. The molecule has 1 N–H and O–H groups in total. The summed E-state index contributed by atoms with van der Waals surface area (Å²) in [5.74, 6) is -0.972. The number of aromatic nitrogens is 1. The maximum absolute atomic E-state index is 13.0. The van der Waals surface area contributed by atoms with Gasteiger partial charge in [0.2, 0.25) is 0 Å². The normalized spacial score (nSPS) is 17.0. The number of carboxylic acid groups (broad SMARTS) is 1. The van der Waals surface area contributed by atoms with Crippen LogP contribution in [0.1, 0.15) is 63.6 Å². The van der Waals surface area contributed by atoms with Gasteiger partial charge < -0.3 is 19.0 Å². The molecule has 2 aromatic heterocycles. The number of hydrogen-bond donors (Lipinski definition) is 1. The number of aryl methyl sites for hydroxylation is 2. The second-order valence-electron chi connectivity index (χ2n) is 10.8. The molecule has 0 fully saturated rings. The molecule has 0 amide bonds. The molecule has 204 valence electrons. The van der Waals surface area contributed by atoms with Gasteiger partial charge in [-0.2, -0.15) is 0 Å². The SMILES string of the molecule is Cc1cc(-c2cc3cc4c(cc3oc2=O)N(CCCC(=O)O)C(C)(C)CC4C)cc[n+]1CCCS(=O)(=O)[O-]. The molecule has 9 nitrogen and oxygen atoms in total. The van der Waals surface area contributed by atoms with Crippen molar-refractivity contribution < 1.29 is 31.9 Å². The first kappa shape index (κ1) is 27.8. The Bertz CT molecular complexity index is 1540. The van der Waals surface area contributed by atoms with Crippen LogP contribution in [0.4, 0.5) is 5.69 Å². The van der Waals surface area contributed by atoms with Gasteiger partial charge >= 0.3 is 11.6 Å². The smallest absolute Gasteiger partial charge is 0.344 e. The summed E-state index contributed by atoms with van der Waals surface area (Å²) in [4.78, 5) is 26.4. The third kappa shape index (κ3) is 6.07. The van der Waals surface area contributed by atoms with Crippen LogP contribution in [0.5, 0.6) is 0 Å². The summed E-state index contributed by atoms with van der Waals surface area (Å²) in [6.45, 7) is 9.32. The molecule has 3 heterocycles. The van der Waals surface area contributed by atoms with E-state index in [1.807, 2.05) is 29.7 Å². The van der Waals surface area contributed by atoms with Gasteiger partial charge in [0, 0.05) is 72.4 Å². The van der Waals surface area contributed by atoms with Gasteiger partial charge in [-0.3, -0.25) is 4.79 Å². The third-order valence-corrected chi connectivity index (χ3v) is 8.16. The Balaban J connectivity index is 1.69. The molecule has 1 aliphatic rings. The van der Waals surface area contributed by atoms with Crippen LogP contribution in [-0.2, 0) is 21.5 Å². The van der Waals surface area contributed by atoms with Crippen molar-refractivity contribution in [3.8, 4) is 11.1 Å². The van der Waals surface area contributed by atoms with E-state index in [9.17, 15) is 22.6 Å². The van der Waals surface area contributed by atoms with E-state index >= 15 is 0 Å². The van der Waals surface area contributed by atoms with Crippen molar-refractivity contribution in [2.24, 2.45) is 0 Å². The fraction of sp³-hybridized carbons (Fsp3) is 0.464. The molecule has 10 heteroatoms. The highest BCUT2D eigenvalue weighted by Crippen LogP contribution is 2.45. The molecule has 3 aromatic rings. The Morgan fingerprint density at radius 2 is 1.97 bits per heavy atom. The molecule has 1 aliphatic heterocycles. The lowest BCUT2D eigenvalue weighted by atomic mass is 9.79. The molecule has 0 aliphatic carbocycles. The van der Waals surface area contributed by atoms with Crippen molar-refractivity contribution in [3.63, 3.8) is 0 Å². The van der Waals surface area contributed by atoms with Crippen molar-refractivity contribution in [1.82, 2.24) is 0 Å². The summed E-state index contributed by atoms with van der Waals surface area (Å²) in [7, 11) is -4.26. The number of nitrogens with zero attached hydrogens (tertiary/aromatic N) is 2. The molecule has 38 heavy (non-hydrogen) atoms. The number of rotatable bonds is 9. The molecular weight excluding hydrogens is 508 g/mol. The van der Waals surface area contributed by atoms with Crippen LogP contribution in [0.15, 0.2) is 45.7 Å². The van der Waals surface area contributed by atoms with E-state index in [2.05, 4.69) is 31.7 Å². The molecule has 4 rings (SSSR count). The summed E-state index contributed by atoms with van der Waals surface area (Å²) in [6.07, 6.45) is 3.51. The molecule has 1 atom stereocenters. The van der Waals surface area contributed by atoms with Crippen molar-refractivity contribution >= 4 is 32.7 Å². The number of hydrogen-bond acceptors (Lipinski definition) is 7. The number of benzene rings is 1. The fourth-order valence-corrected chi connectivity index (χ4v) is 6.07. The van der Waals surface area contributed by atoms with Gasteiger partial charge in [-0.25, -0.2) is 17.8 Å². The van der Waals surface area contributed by atoms with Crippen LogP contribution >= 0.6 is 0 Å². The molecule has 0 bridgehead atoms. The first-order chi connectivity index (χ1) is 17.7. The van der Waals surface area contributed by atoms with E-state index < -0.39 is 27.5 Å². The maximum atomic E-state index is 13.0. The Labute approximate surface area is 222 Å². The number of carboxylic acids is 1.